The SMILES string of the molecule is CCC(COC)NCc1ccc([Si](C)(C)C)cc1. The molecule has 1 atom stereocenters. The average molecular weight is 265 g/mol. The van der Waals surface area contributed by atoms with E-state index < -0.39 is 8.07 Å². The molecule has 0 fully saturated rings. The second-order valence-corrected chi connectivity index (χ2v) is 11.0. The van der Waals surface area contributed by atoms with Gasteiger partial charge in [0.25, 0.3) is 0 Å². The first-order valence-corrected chi connectivity index (χ1v) is 10.3. The van der Waals surface area contributed by atoms with Crippen molar-refractivity contribution >= 4 is 13.3 Å². The van der Waals surface area contributed by atoms with Crippen molar-refractivity contribution in [2.75, 3.05) is 13.7 Å². The maximum Gasteiger partial charge on any atom is 0.0775 e. The zero-order valence-electron chi connectivity index (χ0n) is 12.4. The third kappa shape index (κ3) is 4.92. The van der Waals surface area contributed by atoms with Gasteiger partial charge in [0.15, 0.2) is 0 Å². The molecule has 0 bridgehead atoms. The lowest BCUT2D eigenvalue weighted by atomic mass is 10.2. The fourth-order valence-corrected chi connectivity index (χ4v) is 3.07. The molecular formula is C15H27NOSi. The molecule has 0 aromatic heterocycles. The highest BCUT2D eigenvalue weighted by atomic mass is 28.3. The molecule has 0 aliphatic rings. The summed E-state index contributed by atoms with van der Waals surface area (Å²) in [5, 5.41) is 5.05. The zero-order valence-corrected chi connectivity index (χ0v) is 13.4. The van der Waals surface area contributed by atoms with Gasteiger partial charge in [-0.15, -0.1) is 0 Å². The average Bonchev–Trinajstić information content (AvgIpc) is 2.34. The molecule has 0 amide bonds. The van der Waals surface area contributed by atoms with Gasteiger partial charge in [0.2, 0.25) is 0 Å². The normalized spacial score (nSPS) is 13.6. The third-order valence-electron chi connectivity index (χ3n) is 3.28. The molecule has 0 radical (unpaired) electrons. The van der Waals surface area contributed by atoms with Gasteiger partial charge in [-0.25, -0.2) is 0 Å². The Bertz CT molecular complexity index is 343. The van der Waals surface area contributed by atoms with Crippen LogP contribution in [0.4, 0.5) is 0 Å². The van der Waals surface area contributed by atoms with E-state index in [-0.39, 0.29) is 0 Å². The predicted octanol–water partition coefficient (Wildman–Crippen LogP) is 2.75. The van der Waals surface area contributed by atoms with Crippen LogP contribution in [0.2, 0.25) is 19.6 Å². The minimum absolute atomic E-state index is 0.451. The summed E-state index contributed by atoms with van der Waals surface area (Å²) in [7, 11) is 0.596. The number of methoxy groups -OCH3 is 1. The molecule has 2 nitrogen and oxygen atoms in total. The van der Waals surface area contributed by atoms with E-state index in [1.165, 1.54) is 10.8 Å². The molecule has 18 heavy (non-hydrogen) atoms. The van der Waals surface area contributed by atoms with E-state index in [2.05, 4.69) is 56.1 Å². The molecule has 0 heterocycles. The molecule has 1 rings (SSSR count). The predicted molar refractivity (Wildman–Crippen MR) is 82.2 cm³/mol. The van der Waals surface area contributed by atoms with Gasteiger partial charge in [0.1, 0.15) is 0 Å². The van der Waals surface area contributed by atoms with Crippen LogP contribution in [-0.2, 0) is 11.3 Å². The number of hydrogen-bond donors (Lipinski definition) is 1. The van der Waals surface area contributed by atoms with Crippen molar-refractivity contribution in [3.8, 4) is 0 Å². The lowest BCUT2D eigenvalue weighted by molar-refractivity contribution is 0.164. The topological polar surface area (TPSA) is 21.3 Å². The maximum atomic E-state index is 5.19. The summed E-state index contributed by atoms with van der Waals surface area (Å²) in [6, 6.07) is 9.54. The lowest BCUT2D eigenvalue weighted by Crippen LogP contribution is -2.37. The molecule has 3 heteroatoms. The van der Waals surface area contributed by atoms with Crippen LogP contribution in [0.25, 0.3) is 0 Å². The van der Waals surface area contributed by atoms with Crippen molar-refractivity contribution in [2.45, 2.75) is 45.6 Å². The molecule has 1 N–H and O–H groups in total. The fourth-order valence-electron chi connectivity index (χ4n) is 1.91. The first-order chi connectivity index (χ1) is 8.47. The van der Waals surface area contributed by atoms with Gasteiger partial charge in [-0.1, -0.05) is 56.0 Å². The largest absolute Gasteiger partial charge is 0.383 e. The van der Waals surface area contributed by atoms with Gasteiger partial charge in [-0.05, 0) is 12.0 Å². The van der Waals surface area contributed by atoms with E-state index in [0.717, 1.165) is 19.6 Å². The van der Waals surface area contributed by atoms with Gasteiger partial charge in [-0.2, -0.15) is 0 Å². The summed E-state index contributed by atoms with van der Waals surface area (Å²) in [5.74, 6) is 0. The highest BCUT2D eigenvalue weighted by molar-refractivity contribution is 6.88. The van der Waals surface area contributed by atoms with Crippen molar-refractivity contribution in [3.63, 3.8) is 0 Å². The minimum atomic E-state index is -1.16. The highest BCUT2D eigenvalue weighted by Gasteiger charge is 2.15. The van der Waals surface area contributed by atoms with Gasteiger partial charge < -0.3 is 10.1 Å². The summed E-state index contributed by atoms with van der Waals surface area (Å²) >= 11 is 0. The van der Waals surface area contributed by atoms with E-state index >= 15 is 0 Å². The van der Waals surface area contributed by atoms with Crippen LogP contribution in [0.15, 0.2) is 24.3 Å². The van der Waals surface area contributed by atoms with Gasteiger partial charge in [0, 0.05) is 19.7 Å². The van der Waals surface area contributed by atoms with E-state index in [0.29, 0.717) is 6.04 Å². The third-order valence-corrected chi connectivity index (χ3v) is 5.34. The maximum absolute atomic E-state index is 5.19. The van der Waals surface area contributed by atoms with Crippen molar-refractivity contribution in [1.29, 1.82) is 0 Å². The van der Waals surface area contributed by atoms with Gasteiger partial charge >= 0.3 is 0 Å². The Morgan fingerprint density at radius 2 is 1.78 bits per heavy atom. The molecular weight excluding hydrogens is 238 g/mol. The van der Waals surface area contributed by atoms with E-state index in [9.17, 15) is 0 Å². The van der Waals surface area contributed by atoms with Crippen molar-refractivity contribution in [1.82, 2.24) is 5.32 Å². The Hall–Kier alpha value is -0.643. The quantitative estimate of drug-likeness (QED) is 0.766. The number of nitrogens with one attached hydrogen (secondary N) is 1. The Kier molecular flexibility index (Phi) is 6.06. The molecule has 1 aromatic carbocycles. The van der Waals surface area contributed by atoms with Gasteiger partial charge in [0.05, 0.1) is 14.7 Å². The molecule has 0 aliphatic carbocycles. The second kappa shape index (κ2) is 7.07. The van der Waals surface area contributed by atoms with E-state index in [1.54, 1.807) is 7.11 Å². The number of benzene rings is 1. The smallest absolute Gasteiger partial charge is 0.0775 e. The monoisotopic (exact) mass is 265 g/mol. The standard InChI is InChI=1S/C15H27NOSi/c1-6-14(12-17-2)16-11-13-7-9-15(10-8-13)18(3,4)5/h7-10,14,16H,6,11-12H2,1-5H3. The van der Waals surface area contributed by atoms with Crippen molar-refractivity contribution in [2.24, 2.45) is 0 Å². The zero-order chi connectivity index (χ0) is 13.6. The molecule has 0 saturated heterocycles. The minimum Gasteiger partial charge on any atom is -0.383 e. The Morgan fingerprint density at radius 1 is 1.17 bits per heavy atom. The Balaban J connectivity index is 2.53. The Labute approximate surface area is 113 Å². The summed E-state index contributed by atoms with van der Waals surface area (Å²) in [6.45, 7) is 11.0. The first-order valence-electron chi connectivity index (χ1n) is 6.79. The van der Waals surface area contributed by atoms with E-state index in [1.807, 2.05) is 0 Å². The van der Waals surface area contributed by atoms with Crippen molar-refractivity contribution in [3.05, 3.63) is 29.8 Å². The molecule has 0 saturated carbocycles. The van der Waals surface area contributed by atoms with Crippen LogP contribution in [-0.4, -0.2) is 27.8 Å². The van der Waals surface area contributed by atoms with Crippen LogP contribution in [0.5, 0.6) is 0 Å². The molecule has 0 spiro atoms. The summed E-state index contributed by atoms with van der Waals surface area (Å²) in [5.41, 5.74) is 1.35. The Morgan fingerprint density at radius 3 is 2.22 bits per heavy atom. The summed E-state index contributed by atoms with van der Waals surface area (Å²) < 4.78 is 5.19. The number of ether oxygens (including phenoxy) is 1. The first kappa shape index (κ1) is 15.4. The second-order valence-electron chi connectivity index (χ2n) is 5.89. The molecule has 102 valence electrons. The molecule has 1 aromatic rings. The summed E-state index contributed by atoms with van der Waals surface area (Å²) in [6.07, 6.45) is 1.10. The van der Waals surface area contributed by atoms with Crippen LogP contribution in [0.1, 0.15) is 18.9 Å². The summed E-state index contributed by atoms with van der Waals surface area (Å²) in [4.78, 5) is 0. The highest BCUT2D eigenvalue weighted by Crippen LogP contribution is 2.05. The number of rotatable bonds is 7. The van der Waals surface area contributed by atoms with Crippen LogP contribution < -0.4 is 10.5 Å². The van der Waals surface area contributed by atoms with Crippen LogP contribution in [0.3, 0.4) is 0 Å². The van der Waals surface area contributed by atoms with E-state index in [4.69, 9.17) is 4.74 Å². The van der Waals surface area contributed by atoms with Crippen LogP contribution >= 0.6 is 0 Å². The van der Waals surface area contributed by atoms with Crippen molar-refractivity contribution < 1.29 is 4.74 Å². The molecule has 0 aliphatic heterocycles. The molecule has 1 unspecified atom stereocenters. The lowest BCUT2D eigenvalue weighted by Gasteiger charge is -2.18. The number of hydrogen-bond acceptors (Lipinski definition) is 2. The van der Waals surface area contributed by atoms with Gasteiger partial charge in [-0.3, -0.25) is 0 Å². The van der Waals surface area contributed by atoms with Crippen LogP contribution in [0, 0.1) is 0 Å². The fraction of sp³-hybridized carbons (Fsp3) is 0.600.